The van der Waals surface area contributed by atoms with Gasteiger partial charge in [0.05, 0.1) is 6.54 Å². The van der Waals surface area contributed by atoms with Crippen LogP contribution in [0.5, 0.6) is 0 Å². The second kappa shape index (κ2) is 7.48. The van der Waals surface area contributed by atoms with Crippen LogP contribution in [-0.4, -0.2) is 39.3 Å². The van der Waals surface area contributed by atoms with E-state index in [-0.39, 0.29) is 18.2 Å². The lowest BCUT2D eigenvalue weighted by molar-refractivity contribution is -0.130. The normalized spacial score (nSPS) is 20.0. The van der Waals surface area contributed by atoms with E-state index in [9.17, 15) is 14.4 Å². The standard InChI is InChI=1S/C20H29N3O3/c1-7-10-22-14(4)11-16(15(22)5)17(24)12-23-18(25)20(6,21-19(23)26)9-8-13(2)3/h7,11,13H,1,8-10,12H2,2-6H3,(H,21,26)/t20-/m1/s1. The molecule has 1 aromatic heterocycles. The van der Waals surface area contributed by atoms with Gasteiger partial charge < -0.3 is 9.88 Å². The van der Waals surface area contributed by atoms with Gasteiger partial charge in [-0.3, -0.25) is 14.5 Å². The highest BCUT2D eigenvalue weighted by Crippen LogP contribution is 2.25. The van der Waals surface area contributed by atoms with Crippen molar-refractivity contribution in [3.63, 3.8) is 0 Å². The zero-order chi connectivity index (χ0) is 19.6. The number of hydrogen-bond acceptors (Lipinski definition) is 3. The van der Waals surface area contributed by atoms with Crippen LogP contribution >= 0.6 is 0 Å². The molecule has 2 rings (SSSR count). The summed E-state index contributed by atoms with van der Waals surface area (Å²) in [4.78, 5) is 38.8. The maximum atomic E-state index is 12.7. The van der Waals surface area contributed by atoms with E-state index in [1.165, 1.54) is 0 Å². The van der Waals surface area contributed by atoms with Gasteiger partial charge in [0.1, 0.15) is 5.54 Å². The number of aryl methyl sites for hydroxylation is 1. The second-order valence-corrected chi connectivity index (χ2v) is 7.69. The second-order valence-electron chi connectivity index (χ2n) is 7.69. The number of amides is 3. The molecule has 26 heavy (non-hydrogen) atoms. The summed E-state index contributed by atoms with van der Waals surface area (Å²) in [7, 11) is 0. The van der Waals surface area contributed by atoms with Gasteiger partial charge in [0.25, 0.3) is 5.91 Å². The maximum absolute atomic E-state index is 12.7. The SMILES string of the molecule is C=CCn1c(C)cc(C(=O)CN2C(=O)N[C@](C)(CCC(C)C)C2=O)c1C. The number of hydrogen-bond donors (Lipinski definition) is 1. The highest BCUT2D eigenvalue weighted by atomic mass is 16.2. The number of rotatable bonds is 8. The summed E-state index contributed by atoms with van der Waals surface area (Å²) < 4.78 is 1.98. The first-order valence-electron chi connectivity index (χ1n) is 9.05. The fourth-order valence-corrected chi connectivity index (χ4v) is 3.36. The Balaban J connectivity index is 2.17. The molecule has 2 heterocycles. The number of nitrogens with zero attached hydrogens (tertiary/aromatic N) is 2. The van der Waals surface area contributed by atoms with Crippen LogP contribution in [0.4, 0.5) is 4.79 Å². The molecule has 0 saturated carbocycles. The predicted molar refractivity (Wildman–Crippen MR) is 101 cm³/mol. The first-order chi connectivity index (χ1) is 12.1. The van der Waals surface area contributed by atoms with Gasteiger partial charge in [-0.2, -0.15) is 0 Å². The Bertz CT molecular complexity index is 748. The molecule has 142 valence electrons. The predicted octanol–water partition coefficient (Wildman–Crippen LogP) is 3.22. The van der Waals surface area contributed by atoms with Gasteiger partial charge in [0.15, 0.2) is 5.78 Å². The van der Waals surface area contributed by atoms with Crippen molar-refractivity contribution >= 4 is 17.7 Å². The summed E-state index contributed by atoms with van der Waals surface area (Å²) in [6, 6.07) is 1.31. The number of carbonyl (C=O) groups excluding carboxylic acids is 3. The average molecular weight is 359 g/mol. The fraction of sp³-hybridized carbons (Fsp3) is 0.550. The van der Waals surface area contributed by atoms with Gasteiger partial charge in [-0.25, -0.2) is 4.79 Å². The zero-order valence-corrected chi connectivity index (χ0v) is 16.4. The molecule has 0 unspecified atom stereocenters. The number of aromatic nitrogens is 1. The fourth-order valence-electron chi connectivity index (χ4n) is 3.36. The number of ketones is 1. The number of nitrogens with one attached hydrogen (secondary N) is 1. The van der Waals surface area contributed by atoms with E-state index in [1.807, 2.05) is 18.4 Å². The van der Waals surface area contributed by atoms with E-state index in [1.54, 1.807) is 19.1 Å². The van der Waals surface area contributed by atoms with Crippen molar-refractivity contribution in [3.05, 3.63) is 35.7 Å². The quantitative estimate of drug-likeness (QED) is 0.440. The summed E-state index contributed by atoms with van der Waals surface area (Å²) >= 11 is 0. The van der Waals surface area contributed by atoms with Crippen LogP contribution in [0.1, 0.15) is 55.4 Å². The third kappa shape index (κ3) is 3.74. The molecular formula is C20H29N3O3. The summed E-state index contributed by atoms with van der Waals surface area (Å²) in [5.74, 6) is -0.121. The molecule has 3 amide bonds. The van der Waals surface area contributed by atoms with Gasteiger partial charge >= 0.3 is 6.03 Å². The van der Waals surface area contributed by atoms with Gasteiger partial charge in [0, 0.05) is 23.5 Å². The monoisotopic (exact) mass is 359 g/mol. The topological polar surface area (TPSA) is 71.4 Å². The van der Waals surface area contributed by atoms with Crippen molar-refractivity contribution in [2.45, 2.75) is 59.5 Å². The number of urea groups is 1. The summed E-state index contributed by atoms with van der Waals surface area (Å²) in [6.07, 6.45) is 3.16. The van der Waals surface area contributed by atoms with E-state index in [4.69, 9.17) is 0 Å². The minimum atomic E-state index is -0.929. The van der Waals surface area contributed by atoms with Crippen LogP contribution in [0.25, 0.3) is 0 Å². The largest absolute Gasteiger partial charge is 0.345 e. The minimum absolute atomic E-state index is 0.231. The molecule has 1 fully saturated rings. The molecule has 0 aromatic carbocycles. The summed E-state index contributed by atoms with van der Waals surface area (Å²) in [6.45, 7) is 13.8. The van der Waals surface area contributed by atoms with Crippen LogP contribution in [0, 0.1) is 19.8 Å². The molecule has 0 aliphatic carbocycles. The molecule has 0 radical (unpaired) electrons. The Morgan fingerprint density at radius 3 is 2.58 bits per heavy atom. The van der Waals surface area contributed by atoms with Gasteiger partial charge in [-0.1, -0.05) is 19.9 Å². The summed E-state index contributed by atoms with van der Waals surface area (Å²) in [5.41, 5.74) is 1.38. The molecule has 0 spiro atoms. The number of Topliss-reactive ketones (excluding diaryl/α,β-unsaturated/α-hetero) is 1. The molecule has 6 nitrogen and oxygen atoms in total. The first kappa shape index (κ1) is 19.9. The molecule has 1 atom stereocenters. The lowest BCUT2D eigenvalue weighted by Gasteiger charge is -2.22. The van der Waals surface area contributed by atoms with Crippen molar-refractivity contribution in [1.29, 1.82) is 0 Å². The van der Waals surface area contributed by atoms with Crippen molar-refractivity contribution in [3.8, 4) is 0 Å². The minimum Gasteiger partial charge on any atom is -0.345 e. The van der Waals surface area contributed by atoms with Crippen molar-refractivity contribution in [2.75, 3.05) is 6.54 Å². The molecule has 1 aromatic rings. The van der Waals surface area contributed by atoms with Crippen LogP contribution in [-0.2, 0) is 11.3 Å². The van der Waals surface area contributed by atoms with Crippen LogP contribution in [0.2, 0.25) is 0 Å². The van der Waals surface area contributed by atoms with Crippen molar-refractivity contribution in [2.24, 2.45) is 5.92 Å². The lowest BCUT2D eigenvalue weighted by Crippen LogP contribution is -2.44. The third-order valence-electron chi connectivity index (χ3n) is 5.05. The Kier molecular flexibility index (Phi) is 5.74. The highest BCUT2D eigenvalue weighted by Gasteiger charge is 2.47. The first-order valence-corrected chi connectivity index (χ1v) is 9.05. The molecular weight excluding hydrogens is 330 g/mol. The molecule has 6 heteroatoms. The Hall–Kier alpha value is -2.37. The van der Waals surface area contributed by atoms with Crippen LogP contribution in [0.3, 0.4) is 0 Å². The number of carbonyl (C=O) groups is 3. The van der Waals surface area contributed by atoms with Crippen molar-refractivity contribution in [1.82, 2.24) is 14.8 Å². The van der Waals surface area contributed by atoms with E-state index >= 15 is 0 Å². The molecule has 1 saturated heterocycles. The summed E-state index contributed by atoms with van der Waals surface area (Å²) in [5, 5.41) is 2.76. The van der Waals surface area contributed by atoms with E-state index in [0.717, 1.165) is 22.7 Å². The third-order valence-corrected chi connectivity index (χ3v) is 5.05. The Labute approximate surface area is 155 Å². The van der Waals surface area contributed by atoms with Gasteiger partial charge in [0.2, 0.25) is 0 Å². The van der Waals surface area contributed by atoms with Crippen molar-refractivity contribution < 1.29 is 14.4 Å². The Morgan fingerprint density at radius 1 is 1.35 bits per heavy atom. The smallest absolute Gasteiger partial charge is 0.325 e. The number of imide groups is 1. The van der Waals surface area contributed by atoms with Gasteiger partial charge in [-0.05, 0) is 45.6 Å². The maximum Gasteiger partial charge on any atom is 0.325 e. The lowest BCUT2D eigenvalue weighted by atomic mass is 9.92. The Morgan fingerprint density at radius 2 is 2.00 bits per heavy atom. The van der Waals surface area contributed by atoms with Gasteiger partial charge in [-0.15, -0.1) is 6.58 Å². The van der Waals surface area contributed by atoms with E-state index in [2.05, 4.69) is 25.7 Å². The molecule has 1 aliphatic heterocycles. The zero-order valence-electron chi connectivity index (χ0n) is 16.4. The van der Waals surface area contributed by atoms with E-state index in [0.29, 0.717) is 24.4 Å². The average Bonchev–Trinajstić information content (AvgIpc) is 2.96. The molecule has 1 aliphatic rings. The van der Waals surface area contributed by atoms with Crippen LogP contribution < -0.4 is 5.32 Å². The number of allylic oxidation sites excluding steroid dienone is 1. The van der Waals surface area contributed by atoms with Crippen LogP contribution in [0.15, 0.2) is 18.7 Å². The molecule has 0 bridgehead atoms. The van der Waals surface area contributed by atoms with E-state index < -0.39 is 11.6 Å². The molecule has 1 N–H and O–H groups in total. The highest BCUT2D eigenvalue weighted by molar-refractivity contribution is 6.11.